The maximum Gasteiger partial charge on any atom is 0.255 e. The van der Waals surface area contributed by atoms with Gasteiger partial charge in [0, 0.05) is 43.1 Å². The maximum absolute atomic E-state index is 13.4. The van der Waals surface area contributed by atoms with Crippen LogP contribution in [0.1, 0.15) is 48.5 Å². The summed E-state index contributed by atoms with van der Waals surface area (Å²) in [7, 11) is -2.31. The van der Waals surface area contributed by atoms with Gasteiger partial charge in [-0.05, 0) is 62.1 Å². The number of hydrogen-bond acceptors (Lipinski definition) is 5. The largest absolute Gasteiger partial charge is 0.495 e. The van der Waals surface area contributed by atoms with Gasteiger partial charge in [0.2, 0.25) is 10.0 Å². The summed E-state index contributed by atoms with van der Waals surface area (Å²) >= 11 is 0. The van der Waals surface area contributed by atoms with Crippen LogP contribution in [-0.4, -0.2) is 51.9 Å². The van der Waals surface area contributed by atoms with Crippen LogP contribution in [0, 0.1) is 0 Å². The number of nitrogens with one attached hydrogen (secondary N) is 1. The summed E-state index contributed by atoms with van der Waals surface area (Å²) < 4.78 is 33.6. The number of carbonyl (C=O) groups is 1. The summed E-state index contributed by atoms with van der Waals surface area (Å²) in [6.07, 6.45) is 4.75. The van der Waals surface area contributed by atoms with Crippen LogP contribution in [0.2, 0.25) is 0 Å². The second kappa shape index (κ2) is 9.50. The Bertz CT molecular complexity index is 1090. The molecule has 2 heterocycles. The van der Waals surface area contributed by atoms with Gasteiger partial charge in [0.25, 0.3) is 5.91 Å². The number of sulfonamides is 1. The molecule has 1 saturated heterocycles. The molecule has 0 spiro atoms. The van der Waals surface area contributed by atoms with Crippen molar-refractivity contribution in [2.75, 3.05) is 43.5 Å². The quantitative estimate of drug-likeness (QED) is 0.712. The van der Waals surface area contributed by atoms with Crippen LogP contribution in [-0.2, 0) is 16.4 Å². The number of nitrogens with zero attached hydrogens (tertiary/aromatic N) is 2. The fraction of sp³-hybridized carbons (Fsp3) is 0.458. The molecule has 32 heavy (non-hydrogen) atoms. The van der Waals surface area contributed by atoms with Crippen molar-refractivity contribution >= 4 is 27.3 Å². The molecule has 0 aliphatic carbocycles. The van der Waals surface area contributed by atoms with Gasteiger partial charge < -0.3 is 15.0 Å². The first-order valence-corrected chi connectivity index (χ1v) is 12.8. The van der Waals surface area contributed by atoms with Crippen LogP contribution in [0.4, 0.5) is 11.4 Å². The Morgan fingerprint density at radius 2 is 1.78 bits per heavy atom. The molecule has 1 amide bonds. The van der Waals surface area contributed by atoms with Gasteiger partial charge in [-0.1, -0.05) is 18.9 Å². The molecule has 2 aliphatic rings. The highest BCUT2D eigenvalue weighted by Crippen LogP contribution is 2.32. The predicted octanol–water partition coefficient (Wildman–Crippen LogP) is 3.89. The summed E-state index contributed by atoms with van der Waals surface area (Å²) in [6, 6.07) is 10.5. The smallest absolute Gasteiger partial charge is 0.255 e. The standard InChI is InChI=1S/C24H31N3O4S/c1-3-26-15-12-18-8-10-20(17-21(18)26)25-24(28)19-9-11-22(31-2)23(16-19)32(29,30)27-13-6-4-5-7-14-27/h8-11,16-17H,3-7,12-15H2,1-2H3,(H,25,28). The van der Waals surface area contributed by atoms with E-state index in [-0.39, 0.29) is 22.1 Å². The van der Waals surface area contributed by atoms with Crippen molar-refractivity contribution in [1.82, 2.24) is 4.31 Å². The lowest BCUT2D eigenvalue weighted by Crippen LogP contribution is -2.32. The van der Waals surface area contributed by atoms with E-state index in [1.165, 1.54) is 23.0 Å². The monoisotopic (exact) mass is 457 g/mol. The molecule has 4 rings (SSSR count). The third-order valence-electron chi connectivity index (χ3n) is 6.33. The molecule has 0 radical (unpaired) electrons. The van der Waals surface area contributed by atoms with E-state index in [0.29, 0.717) is 18.8 Å². The van der Waals surface area contributed by atoms with E-state index in [4.69, 9.17) is 4.74 Å². The number of amides is 1. The van der Waals surface area contributed by atoms with Crippen LogP contribution in [0.5, 0.6) is 5.75 Å². The first-order valence-electron chi connectivity index (χ1n) is 11.3. The zero-order chi connectivity index (χ0) is 22.7. The second-order valence-corrected chi connectivity index (χ2v) is 10.2. The third kappa shape index (κ3) is 4.47. The van der Waals surface area contributed by atoms with Gasteiger partial charge in [-0.15, -0.1) is 0 Å². The van der Waals surface area contributed by atoms with Gasteiger partial charge >= 0.3 is 0 Å². The van der Waals surface area contributed by atoms with E-state index in [9.17, 15) is 13.2 Å². The van der Waals surface area contributed by atoms with Gasteiger partial charge in [0.1, 0.15) is 10.6 Å². The number of ether oxygens (including phenoxy) is 1. The Kier molecular flexibility index (Phi) is 6.71. The number of methoxy groups -OCH3 is 1. The summed E-state index contributed by atoms with van der Waals surface area (Å²) in [5, 5.41) is 2.92. The fourth-order valence-corrected chi connectivity index (χ4v) is 6.19. The highest BCUT2D eigenvalue weighted by atomic mass is 32.2. The van der Waals surface area contributed by atoms with Crippen LogP contribution < -0.4 is 15.0 Å². The normalized spacial score (nSPS) is 17.0. The molecule has 8 heteroatoms. The molecule has 2 aromatic carbocycles. The molecule has 172 valence electrons. The van der Waals surface area contributed by atoms with E-state index in [0.717, 1.165) is 50.9 Å². The lowest BCUT2D eigenvalue weighted by Gasteiger charge is -2.21. The Morgan fingerprint density at radius 1 is 1.03 bits per heavy atom. The maximum atomic E-state index is 13.4. The molecule has 2 aliphatic heterocycles. The molecule has 2 aromatic rings. The number of rotatable bonds is 6. The average molecular weight is 458 g/mol. The molecular weight excluding hydrogens is 426 g/mol. The minimum atomic E-state index is -3.75. The molecule has 0 bridgehead atoms. The molecule has 0 atom stereocenters. The predicted molar refractivity (Wildman–Crippen MR) is 126 cm³/mol. The van der Waals surface area contributed by atoms with E-state index < -0.39 is 10.0 Å². The van der Waals surface area contributed by atoms with Gasteiger partial charge in [-0.25, -0.2) is 8.42 Å². The third-order valence-corrected chi connectivity index (χ3v) is 8.25. The Morgan fingerprint density at radius 3 is 2.47 bits per heavy atom. The Balaban J connectivity index is 1.60. The Hall–Kier alpha value is -2.58. The van der Waals surface area contributed by atoms with Gasteiger partial charge in [-0.2, -0.15) is 4.31 Å². The van der Waals surface area contributed by atoms with Crippen molar-refractivity contribution in [1.29, 1.82) is 0 Å². The highest BCUT2D eigenvalue weighted by molar-refractivity contribution is 7.89. The van der Waals surface area contributed by atoms with Crippen LogP contribution in [0.3, 0.4) is 0 Å². The van der Waals surface area contributed by atoms with Crippen LogP contribution in [0.15, 0.2) is 41.3 Å². The minimum absolute atomic E-state index is 0.0423. The zero-order valence-electron chi connectivity index (χ0n) is 18.8. The summed E-state index contributed by atoms with van der Waals surface area (Å²) in [6.45, 7) is 5.00. The molecular formula is C24H31N3O4S. The van der Waals surface area contributed by atoms with Crippen LogP contribution >= 0.6 is 0 Å². The van der Waals surface area contributed by atoms with Gasteiger partial charge in [0.15, 0.2) is 0 Å². The van der Waals surface area contributed by atoms with Crippen LogP contribution in [0.25, 0.3) is 0 Å². The number of likely N-dealkylation sites (N-methyl/N-ethyl adjacent to an activating group) is 1. The topological polar surface area (TPSA) is 79.0 Å². The molecule has 1 N–H and O–H groups in total. The molecule has 0 aromatic heterocycles. The number of fused-ring (bicyclic) bond motifs is 1. The Labute approximate surface area is 190 Å². The van der Waals surface area contributed by atoms with E-state index in [2.05, 4.69) is 17.1 Å². The lowest BCUT2D eigenvalue weighted by molar-refractivity contribution is 0.102. The van der Waals surface area contributed by atoms with Crippen molar-refractivity contribution in [3.8, 4) is 5.75 Å². The fourth-order valence-electron chi connectivity index (χ4n) is 4.50. The van der Waals surface area contributed by atoms with Crippen molar-refractivity contribution < 1.29 is 17.9 Å². The molecule has 0 unspecified atom stereocenters. The van der Waals surface area contributed by atoms with E-state index >= 15 is 0 Å². The number of benzene rings is 2. The SMILES string of the molecule is CCN1CCc2ccc(NC(=O)c3ccc(OC)c(S(=O)(=O)N4CCCCCC4)c3)cc21. The van der Waals surface area contributed by atoms with Crippen molar-refractivity contribution in [3.63, 3.8) is 0 Å². The first kappa shape index (κ1) is 22.6. The summed E-state index contributed by atoms with van der Waals surface area (Å²) in [5.41, 5.74) is 3.40. The van der Waals surface area contributed by atoms with E-state index in [1.54, 1.807) is 12.1 Å². The second-order valence-electron chi connectivity index (χ2n) is 8.31. The number of anilines is 2. The summed E-state index contributed by atoms with van der Waals surface area (Å²) in [5.74, 6) is -0.0946. The van der Waals surface area contributed by atoms with Crippen molar-refractivity contribution in [2.45, 2.75) is 43.9 Å². The highest BCUT2D eigenvalue weighted by Gasteiger charge is 2.29. The number of hydrogen-bond donors (Lipinski definition) is 1. The summed E-state index contributed by atoms with van der Waals surface area (Å²) in [4.78, 5) is 15.3. The van der Waals surface area contributed by atoms with Crippen molar-refractivity contribution in [3.05, 3.63) is 47.5 Å². The molecule has 1 fully saturated rings. The zero-order valence-corrected chi connectivity index (χ0v) is 19.6. The molecule has 7 nitrogen and oxygen atoms in total. The first-order chi connectivity index (χ1) is 15.4. The molecule has 0 saturated carbocycles. The average Bonchev–Trinajstić information content (AvgIpc) is 3.00. The number of carbonyl (C=O) groups excluding carboxylic acids is 1. The minimum Gasteiger partial charge on any atom is -0.495 e. The van der Waals surface area contributed by atoms with E-state index in [1.807, 2.05) is 18.2 Å². The van der Waals surface area contributed by atoms with Gasteiger partial charge in [0.05, 0.1) is 7.11 Å². The van der Waals surface area contributed by atoms with Gasteiger partial charge in [-0.3, -0.25) is 4.79 Å². The van der Waals surface area contributed by atoms with Crippen molar-refractivity contribution in [2.24, 2.45) is 0 Å². The lowest BCUT2D eigenvalue weighted by atomic mass is 10.1.